The topological polar surface area (TPSA) is 49.4 Å². The number of nitrogens with zero attached hydrogens (tertiary/aromatic N) is 1. The predicted molar refractivity (Wildman–Crippen MR) is 119 cm³/mol. The quantitative estimate of drug-likeness (QED) is 0.585. The molecule has 0 unspecified atom stereocenters. The molecular formula is C24H23FN2O2S. The Hall–Kier alpha value is -2.99. The molecule has 1 N–H and O–H groups in total. The van der Waals surface area contributed by atoms with Gasteiger partial charge in [0.1, 0.15) is 5.82 Å². The van der Waals surface area contributed by atoms with Crippen molar-refractivity contribution in [3.05, 3.63) is 80.8 Å². The third-order valence-electron chi connectivity index (χ3n) is 5.46. The maximum absolute atomic E-state index is 13.5. The summed E-state index contributed by atoms with van der Waals surface area (Å²) >= 11 is 1.70. The van der Waals surface area contributed by atoms with E-state index in [9.17, 15) is 14.0 Å². The van der Waals surface area contributed by atoms with E-state index in [4.69, 9.17) is 0 Å². The zero-order valence-electron chi connectivity index (χ0n) is 17.0. The van der Waals surface area contributed by atoms with Gasteiger partial charge < -0.3 is 10.2 Å². The average molecular weight is 423 g/mol. The minimum Gasteiger partial charge on any atom is -0.322 e. The van der Waals surface area contributed by atoms with Crippen LogP contribution in [-0.4, -0.2) is 18.4 Å². The predicted octanol–water partition coefficient (Wildman–Crippen LogP) is 5.74. The van der Waals surface area contributed by atoms with Gasteiger partial charge in [-0.1, -0.05) is 6.07 Å². The number of amides is 2. The number of aryl methyl sites for hydroxylation is 3. The normalized spacial score (nSPS) is 13.5. The lowest BCUT2D eigenvalue weighted by molar-refractivity contribution is 0.0985. The van der Waals surface area contributed by atoms with Crippen LogP contribution in [0.4, 0.5) is 15.8 Å². The second-order valence-corrected chi connectivity index (χ2v) is 8.59. The summed E-state index contributed by atoms with van der Waals surface area (Å²) in [6.45, 7) is 4.32. The molecule has 6 heteroatoms. The molecule has 0 saturated heterocycles. The van der Waals surface area contributed by atoms with Crippen LogP contribution in [0.1, 0.15) is 49.6 Å². The first-order valence-electron chi connectivity index (χ1n) is 10.0. The molecule has 0 spiro atoms. The van der Waals surface area contributed by atoms with Gasteiger partial charge in [0, 0.05) is 28.2 Å². The number of rotatable bonds is 3. The molecule has 2 aromatic carbocycles. The Kier molecular flexibility index (Phi) is 5.68. The smallest absolute Gasteiger partial charge is 0.258 e. The standard InChI is InChI=1S/C24H23FN2O2S/c1-15-6-8-18(25)14-19(15)23(28)26-20-9-7-17(13-16(20)2)24(29)27-11-4-3-5-22-21(27)10-12-30-22/h6-10,12-14H,3-5,11H2,1-2H3,(H,26,28). The van der Waals surface area contributed by atoms with Crippen molar-refractivity contribution >= 4 is 34.5 Å². The van der Waals surface area contributed by atoms with E-state index >= 15 is 0 Å². The van der Waals surface area contributed by atoms with Crippen LogP contribution in [0.15, 0.2) is 47.8 Å². The van der Waals surface area contributed by atoms with Gasteiger partial charge in [-0.25, -0.2) is 4.39 Å². The van der Waals surface area contributed by atoms with Crippen molar-refractivity contribution in [2.75, 3.05) is 16.8 Å². The molecule has 1 aliphatic heterocycles. The van der Waals surface area contributed by atoms with E-state index in [1.807, 2.05) is 23.3 Å². The number of hydrogen-bond acceptors (Lipinski definition) is 3. The average Bonchev–Trinajstić information content (AvgIpc) is 3.10. The number of hydrogen-bond donors (Lipinski definition) is 1. The van der Waals surface area contributed by atoms with Gasteiger partial charge in [-0.15, -0.1) is 11.3 Å². The number of carbonyl (C=O) groups is 2. The summed E-state index contributed by atoms with van der Waals surface area (Å²) in [5.74, 6) is -0.850. The van der Waals surface area contributed by atoms with Gasteiger partial charge in [0.15, 0.2) is 0 Å². The Balaban J connectivity index is 1.56. The number of carbonyl (C=O) groups excluding carboxylic acids is 2. The van der Waals surface area contributed by atoms with E-state index in [1.165, 1.54) is 17.0 Å². The molecular weight excluding hydrogens is 399 g/mol. The highest BCUT2D eigenvalue weighted by atomic mass is 32.1. The highest BCUT2D eigenvalue weighted by molar-refractivity contribution is 7.10. The molecule has 2 amide bonds. The first kappa shape index (κ1) is 20.3. The lowest BCUT2D eigenvalue weighted by Crippen LogP contribution is -2.31. The van der Waals surface area contributed by atoms with Gasteiger partial charge in [0.05, 0.1) is 5.69 Å². The molecule has 0 radical (unpaired) electrons. The molecule has 0 fully saturated rings. The van der Waals surface area contributed by atoms with Crippen molar-refractivity contribution < 1.29 is 14.0 Å². The first-order chi connectivity index (χ1) is 14.4. The van der Waals surface area contributed by atoms with Gasteiger partial charge in [-0.3, -0.25) is 9.59 Å². The number of benzene rings is 2. The molecule has 0 atom stereocenters. The fraction of sp³-hybridized carbons (Fsp3) is 0.250. The first-order valence-corrected chi connectivity index (χ1v) is 10.9. The Morgan fingerprint density at radius 1 is 1.03 bits per heavy atom. The summed E-state index contributed by atoms with van der Waals surface area (Å²) in [4.78, 5) is 28.9. The fourth-order valence-electron chi connectivity index (χ4n) is 3.77. The summed E-state index contributed by atoms with van der Waals surface area (Å²) < 4.78 is 13.5. The van der Waals surface area contributed by atoms with Crippen LogP contribution in [0, 0.1) is 19.7 Å². The van der Waals surface area contributed by atoms with Crippen molar-refractivity contribution in [1.29, 1.82) is 0 Å². The molecule has 30 heavy (non-hydrogen) atoms. The van der Waals surface area contributed by atoms with E-state index in [0.29, 0.717) is 28.9 Å². The molecule has 0 aliphatic carbocycles. The van der Waals surface area contributed by atoms with Gasteiger partial charge in [-0.05, 0) is 86.0 Å². The van der Waals surface area contributed by atoms with Crippen LogP contribution in [0.3, 0.4) is 0 Å². The summed E-state index contributed by atoms with van der Waals surface area (Å²) in [7, 11) is 0. The van der Waals surface area contributed by atoms with E-state index in [-0.39, 0.29) is 11.8 Å². The molecule has 1 aliphatic rings. The van der Waals surface area contributed by atoms with Crippen LogP contribution < -0.4 is 10.2 Å². The van der Waals surface area contributed by atoms with Crippen LogP contribution in [0.2, 0.25) is 0 Å². The molecule has 0 saturated carbocycles. The minimum atomic E-state index is -0.450. The minimum absolute atomic E-state index is 0.0292. The molecule has 0 bridgehead atoms. The molecule has 4 nitrogen and oxygen atoms in total. The lowest BCUT2D eigenvalue weighted by Gasteiger charge is -2.21. The highest BCUT2D eigenvalue weighted by Crippen LogP contribution is 2.32. The zero-order valence-corrected chi connectivity index (χ0v) is 17.8. The molecule has 2 heterocycles. The summed E-state index contributed by atoms with van der Waals surface area (Å²) in [5, 5.41) is 4.87. The highest BCUT2D eigenvalue weighted by Gasteiger charge is 2.23. The number of fused-ring (bicyclic) bond motifs is 1. The molecule has 3 aromatic rings. The van der Waals surface area contributed by atoms with E-state index in [0.717, 1.165) is 30.5 Å². The van der Waals surface area contributed by atoms with Gasteiger partial charge in [0.2, 0.25) is 0 Å². The molecule has 154 valence electrons. The van der Waals surface area contributed by atoms with Gasteiger partial charge in [0.25, 0.3) is 11.8 Å². The van der Waals surface area contributed by atoms with Gasteiger partial charge >= 0.3 is 0 Å². The Morgan fingerprint density at radius 3 is 2.67 bits per heavy atom. The van der Waals surface area contributed by atoms with Crippen molar-refractivity contribution in [2.45, 2.75) is 33.1 Å². The Bertz CT molecular complexity index is 1120. The van der Waals surface area contributed by atoms with E-state index in [1.54, 1.807) is 42.5 Å². The van der Waals surface area contributed by atoms with E-state index in [2.05, 4.69) is 5.32 Å². The Labute approximate surface area is 179 Å². The number of thiophene rings is 1. The van der Waals surface area contributed by atoms with Crippen LogP contribution >= 0.6 is 11.3 Å². The van der Waals surface area contributed by atoms with Crippen molar-refractivity contribution in [3.63, 3.8) is 0 Å². The fourth-order valence-corrected chi connectivity index (χ4v) is 4.69. The zero-order chi connectivity index (χ0) is 21.3. The van der Waals surface area contributed by atoms with Crippen molar-refractivity contribution in [2.24, 2.45) is 0 Å². The SMILES string of the molecule is Cc1cc(C(=O)N2CCCCc3sccc32)ccc1NC(=O)c1cc(F)ccc1C. The van der Waals surface area contributed by atoms with Crippen molar-refractivity contribution in [1.82, 2.24) is 0 Å². The third kappa shape index (κ3) is 4.00. The Morgan fingerprint density at radius 2 is 1.87 bits per heavy atom. The van der Waals surface area contributed by atoms with Crippen LogP contribution in [0.5, 0.6) is 0 Å². The monoisotopic (exact) mass is 422 g/mol. The lowest BCUT2D eigenvalue weighted by atomic mass is 10.1. The summed E-state index contributed by atoms with van der Waals surface area (Å²) in [5.41, 5.74) is 3.98. The maximum Gasteiger partial charge on any atom is 0.258 e. The van der Waals surface area contributed by atoms with Crippen LogP contribution in [-0.2, 0) is 6.42 Å². The second kappa shape index (κ2) is 8.40. The van der Waals surface area contributed by atoms with E-state index < -0.39 is 5.82 Å². The van der Waals surface area contributed by atoms with Gasteiger partial charge in [-0.2, -0.15) is 0 Å². The summed E-state index contributed by atoms with van der Waals surface area (Å²) in [6, 6.07) is 11.4. The number of anilines is 2. The van der Waals surface area contributed by atoms with Crippen LogP contribution in [0.25, 0.3) is 0 Å². The summed E-state index contributed by atoms with van der Waals surface area (Å²) in [6.07, 6.45) is 3.08. The number of halogens is 1. The number of nitrogens with one attached hydrogen (secondary N) is 1. The third-order valence-corrected chi connectivity index (χ3v) is 6.43. The molecule has 1 aromatic heterocycles. The maximum atomic E-state index is 13.5. The largest absolute Gasteiger partial charge is 0.322 e. The second-order valence-electron chi connectivity index (χ2n) is 7.59. The molecule has 4 rings (SSSR count). The van der Waals surface area contributed by atoms with Crippen molar-refractivity contribution in [3.8, 4) is 0 Å².